The fraction of sp³-hybridized carbons (Fsp3) is 0.158. The maximum Gasteiger partial charge on any atom is 0.128 e. The highest BCUT2D eigenvalue weighted by Crippen LogP contribution is 2.17. The Morgan fingerprint density at radius 3 is 2.57 bits per heavy atom. The Morgan fingerprint density at radius 2 is 1.91 bits per heavy atom. The first-order valence-electron chi connectivity index (χ1n) is 7.50. The highest BCUT2D eigenvalue weighted by molar-refractivity contribution is 5.84. The normalized spacial score (nSPS) is 11.2. The van der Waals surface area contributed by atoms with Gasteiger partial charge in [-0.3, -0.25) is 4.98 Å². The zero-order valence-electron chi connectivity index (χ0n) is 13.1. The maximum absolute atomic E-state index is 10.5. The lowest BCUT2D eigenvalue weighted by Crippen LogP contribution is -2.13. The number of anilines is 1. The van der Waals surface area contributed by atoms with Gasteiger partial charge in [-0.1, -0.05) is 36.4 Å². The van der Waals surface area contributed by atoms with Crippen LogP contribution in [0.2, 0.25) is 0 Å². The summed E-state index contributed by atoms with van der Waals surface area (Å²) in [5.41, 5.74) is 7.51. The Kier molecular flexibility index (Phi) is 6.27. The van der Waals surface area contributed by atoms with Crippen molar-refractivity contribution in [3.05, 3.63) is 72.6 Å². The number of hydrogen-bond acceptors (Lipinski definition) is 4. The van der Waals surface area contributed by atoms with Crippen molar-refractivity contribution in [2.75, 3.05) is 18.9 Å². The van der Waals surface area contributed by atoms with Crippen LogP contribution in [0.4, 0.5) is 5.69 Å². The van der Waals surface area contributed by atoms with Crippen molar-refractivity contribution in [3.63, 3.8) is 0 Å². The standard InChI is InChI=1S/C10H10N2.C9H11NO/c1-11-10-3-2-9-7-12-5-4-8(9)6-10;10-6-9(7-11)8-4-2-1-3-5-8/h2-7,11H,1H3;1-5,7,9H,6,10H2. The number of carbonyl (C=O) groups is 1. The van der Waals surface area contributed by atoms with E-state index >= 15 is 0 Å². The number of nitrogens with one attached hydrogen (secondary N) is 1. The molecule has 0 aliphatic rings. The van der Waals surface area contributed by atoms with Gasteiger partial charge in [0.1, 0.15) is 6.29 Å². The number of pyridine rings is 1. The molecule has 4 nitrogen and oxygen atoms in total. The second-order valence-corrected chi connectivity index (χ2v) is 5.08. The first-order valence-corrected chi connectivity index (χ1v) is 7.50. The number of nitrogens with zero attached hydrogens (tertiary/aromatic N) is 1. The quantitative estimate of drug-likeness (QED) is 0.726. The summed E-state index contributed by atoms with van der Waals surface area (Å²) in [6.45, 7) is 0.382. The molecule has 0 saturated carbocycles. The van der Waals surface area contributed by atoms with Gasteiger partial charge in [-0.15, -0.1) is 0 Å². The van der Waals surface area contributed by atoms with Crippen LogP contribution < -0.4 is 11.1 Å². The maximum atomic E-state index is 10.5. The summed E-state index contributed by atoms with van der Waals surface area (Å²) in [5, 5.41) is 5.50. The number of fused-ring (bicyclic) bond motifs is 1. The number of nitrogens with two attached hydrogens (primary N) is 1. The molecule has 1 atom stereocenters. The summed E-state index contributed by atoms with van der Waals surface area (Å²) < 4.78 is 0. The predicted octanol–water partition coefficient (Wildman–Crippen LogP) is 3.20. The molecule has 3 rings (SSSR count). The van der Waals surface area contributed by atoms with Crippen LogP contribution in [0.3, 0.4) is 0 Å². The minimum absolute atomic E-state index is 0.142. The van der Waals surface area contributed by atoms with Crippen molar-refractivity contribution in [3.8, 4) is 0 Å². The van der Waals surface area contributed by atoms with Crippen molar-refractivity contribution in [1.29, 1.82) is 0 Å². The molecule has 23 heavy (non-hydrogen) atoms. The average molecular weight is 307 g/mol. The van der Waals surface area contributed by atoms with Crippen molar-refractivity contribution >= 4 is 22.7 Å². The van der Waals surface area contributed by atoms with Gasteiger partial charge in [0, 0.05) is 37.1 Å². The van der Waals surface area contributed by atoms with Gasteiger partial charge >= 0.3 is 0 Å². The van der Waals surface area contributed by atoms with E-state index in [0.717, 1.165) is 17.5 Å². The molecule has 1 unspecified atom stereocenters. The van der Waals surface area contributed by atoms with Crippen LogP contribution in [0.15, 0.2) is 67.0 Å². The van der Waals surface area contributed by atoms with Gasteiger partial charge in [0.25, 0.3) is 0 Å². The number of hydrogen-bond donors (Lipinski definition) is 2. The molecule has 0 spiro atoms. The van der Waals surface area contributed by atoms with Crippen LogP contribution in [0.5, 0.6) is 0 Å². The van der Waals surface area contributed by atoms with Crippen LogP contribution in [-0.2, 0) is 4.79 Å². The summed E-state index contributed by atoms with van der Waals surface area (Å²) in [5.74, 6) is -0.142. The summed E-state index contributed by atoms with van der Waals surface area (Å²) in [6.07, 6.45) is 4.56. The number of rotatable bonds is 4. The molecule has 118 valence electrons. The third-order valence-corrected chi connectivity index (χ3v) is 3.58. The van der Waals surface area contributed by atoms with E-state index in [1.54, 1.807) is 0 Å². The van der Waals surface area contributed by atoms with Crippen LogP contribution in [-0.4, -0.2) is 24.9 Å². The highest BCUT2D eigenvalue weighted by Gasteiger charge is 2.05. The molecule has 1 aromatic heterocycles. The summed E-state index contributed by atoms with van der Waals surface area (Å²) in [7, 11) is 1.92. The Balaban J connectivity index is 0.000000168. The molecule has 0 aliphatic carbocycles. The molecule has 0 fully saturated rings. The number of aldehydes is 1. The summed E-state index contributed by atoms with van der Waals surface area (Å²) in [4.78, 5) is 14.5. The number of aromatic nitrogens is 1. The van der Waals surface area contributed by atoms with E-state index in [1.807, 2.05) is 61.9 Å². The topological polar surface area (TPSA) is 68.0 Å². The molecule has 2 aromatic carbocycles. The zero-order chi connectivity index (χ0) is 16.5. The molecular formula is C19H21N3O. The van der Waals surface area contributed by atoms with E-state index in [-0.39, 0.29) is 5.92 Å². The van der Waals surface area contributed by atoms with Gasteiger partial charge < -0.3 is 15.8 Å². The average Bonchev–Trinajstić information content (AvgIpc) is 2.64. The van der Waals surface area contributed by atoms with Crippen molar-refractivity contribution in [1.82, 2.24) is 4.98 Å². The summed E-state index contributed by atoms with van der Waals surface area (Å²) in [6, 6.07) is 17.8. The van der Waals surface area contributed by atoms with Gasteiger partial charge in [0.15, 0.2) is 0 Å². The molecule has 0 saturated heterocycles. The van der Waals surface area contributed by atoms with Crippen molar-refractivity contribution in [2.45, 2.75) is 5.92 Å². The zero-order valence-corrected chi connectivity index (χ0v) is 13.1. The van der Waals surface area contributed by atoms with Gasteiger partial charge in [-0.2, -0.15) is 0 Å². The van der Waals surface area contributed by atoms with Crippen LogP contribution >= 0.6 is 0 Å². The molecular weight excluding hydrogens is 286 g/mol. The fourth-order valence-corrected chi connectivity index (χ4v) is 2.21. The Bertz CT molecular complexity index is 744. The van der Waals surface area contributed by atoms with E-state index in [2.05, 4.69) is 22.4 Å². The van der Waals surface area contributed by atoms with Crippen molar-refractivity contribution in [2.24, 2.45) is 5.73 Å². The minimum Gasteiger partial charge on any atom is -0.388 e. The monoisotopic (exact) mass is 307 g/mol. The number of benzene rings is 2. The predicted molar refractivity (Wildman–Crippen MR) is 95.6 cm³/mol. The second-order valence-electron chi connectivity index (χ2n) is 5.08. The van der Waals surface area contributed by atoms with Gasteiger partial charge in [-0.25, -0.2) is 0 Å². The van der Waals surface area contributed by atoms with E-state index < -0.39 is 0 Å². The first-order chi connectivity index (χ1) is 11.3. The lowest BCUT2D eigenvalue weighted by atomic mass is 10.0. The lowest BCUT2D eigenvalue weighted by molar-refractivity contribution is -0.108. The Labute approximate surface area is 136 Å². The molecule has 0 amide bonds. The van der Waals surface area contributed by atoms with Crippen LogP contribution in [0.25, 0.3) is 10.8 Å². The van der Waals surface area contributed by atoms with E-state index in [4.69, 9.17) is 5.73 Å². The Hall–Kier alpha value is -2.72. The molecule has 0 bridgehead atoms. The lowest BCUT2D eigenvalue weighted by Gasteiger charge is -2.05. The van der Waals surface area contributed by atoms with Gasteiger partial charge in [-0.05, 0) is 29.1 Å². The molecule has 1 heterocycles. The largest absolute Gasteiger partial charge is 0.388 e. The van der Waals surface area contributed by atoms with Crippen LogP contribution in [0, 0.1) is 0 Å². The Morgan fingerprint density at radius 1 is 1.13 bits per heavy atom. The van der Waals surface area contributed by atoms with E-state index in [0.29, 0.717) is 6.54 Å². The molecule has 4 heteroatoms. The molecule has 0 aliphatic heterocycles. The van der Waals surface area contributed by atoms with E-state index in [9.17, 15) is 4.79 Å². The molecule has 3 N–H and O–H groups in total. The van der Waals surface area contributed by atoms with Crippen LogP contribution in [0.1, 0.15) is 11.5 Å². The SMILES string of the molecule is CNc1ccc2cnccc2c1.NCC(C=O)c1ccccc1. The van der Waals surface area contributed by atoms with Crippen molar-refractivity contribution < 1.29 is 4.79 Å². The van der Waals surface area contributed by atoms with Gasteiger partial charge in [0.05, 0.1) is 5.92 Å². The smallest absolute Gasteiger partial charge is 0.128 e. The number of carbonyl (C=O) groups excluding carboxylic acids is 1. The molecule has 0 radical (unpaired) electrons. The minimum atomic E-state index is -0.142. The molecule has 3 aromatic rings. The van der Waals surface area contributed by atoms with Gasteiger partial charge in [0.2, 0.25) is 0 Å². The third-order valence-electron chi connectivity index (χ3n) is 3.58. The summed E-state index contributed by atoms with van der Waals surface area (Å²) >= 11 is 0. The fourth-order valence-electron chi connectivity index (χ4n) is 2.21. The second kappa shape index (κ2) is 8.66. The van der Waals surface area contributed by atoms with E-state index in [1.165, 1.54) is 10.8 Å². The first kappa shape index (κ1) is 16.6. The highest BCUT2D eigenvalue weighted by atomic mass is 16.1. The third kappa shape index (κ3) is 4.63.